The first kappa shape index (κ1) is 17.5. The molecular formula is C18H21N3O3. The highest BCUT2D eigenvalue weighted by molar-refractivity contribution is 5.39. The van der Waals surface area contributed by atoms with Gasteiger partial charge >= 0.3 is 5.69 Å². The van der Waals surface area contributed by atoms with Crippen LogP contribution < -0.4 is 16.0 Å². The van der Waals surface area contributed by atoms with E-state index in [1.54, 1.807) is 21.1 Å². The van der Waals surface area contributed by atoms with Gasteiger partial charge in [0.25, 0.3) is 5.56 Å². The Morgan fingerprint density at radius 1 is 1.29 bits per heavy atom. The maximum absolute atomic E-state index is 12.5. The van der Waals surface area contributed by atoms with E-state index >= 15 is 0 Å². The maximum Gasteiger partial charge on any atom is 0.331 e. The van der Waals surface area contributed by atoms with Gasteiger partial charge in [0.1, 0.15) is 17.4 Å². The van der Waals surface area contributed by atoms with Gasteiger partial charge in [-0.1, -0.05) is 26.0 Å². The fourth-order valence-electron chi connectivity index (χ4n) is 2.59. The Balaban J connectivity index is 2.67. The number of methoxy groups -OCH3 is 1. The largest absolute Gasteiger partial charge is 0.496 e. The van der Waals surface area contributed by atoms with E-state index in [9.17, 15) is 14.9 Å². The molecule has 24 heavy (non-hydrogen) atoms. The molecule has 0 radical (unpaired) electrons. The summed E-state index contributed by atoms with van der Waals surface area (Å²) in [4.78, 5) is 25.0. The lowest BCUT2D eigenvalue weighted by Crippen LogP contribution is -2.41. The number of hydrogen-bond donors (Lipinski definition) is 0. The van der Waals surface area contributed by atoms with E-state index in [0.29, 0.717) is 17.4 Å². The molecule has 0 aliphatic heterocycles. The highest BCUT2D eigenvalue weighted by Gasteiger charge is 2.16. The third kappa shape index (κ3) is 2.98. The van der Waals surface area contributed by atoms with Crippen molar-refractivity contribution in [3.05, 3.63) is 61.4 Å². The molecule has 1 heterocycles. The lowest BCUT2D eigenvalue weighted by molar-refractivity contribution is 0.407. The van der Waals surface area contributed by atoms with Crippen LogP contribution in [0.3, 0.4) is 0 Å². The Hall–Kier alpha value is -2.81. The van der Waals surface area contributed by atoms with Crippen LogP contribution in [0.1, 0.15) is 42.1 Å². The molecule has 0 aliphatic carbocycles. The van der Waals surface area contributed by atoms with Gasteiger partial charge in [-0.25, -0.2) is 4.79 Å². The number of nitrogens with zero attached hydrogens (tertiary/aromatic N) is 3. The molecule has 2 rings (SSSR count). The van der Waals surface area contributed by atoms with Gasteiger partial charge in [0.05, 0.1) is 13.7 Å². The third-order valence-corrected chi connectivity index (χ3v) is 4.25. The Morgan fingerprint density at radius 3 is 2.50 bits per heavy atom. The van der Waals surface area contributed by atoms with E-state index < -0.39 is 11.2 Å². The molecule has 0 saturated carbocycles. The highest BCUT2D eigenvalue weighted by atomic mass is 16.5. The molecule has 0 amide bonds. The fourth-order valence-corrected chi connectivity index (χ4v) is 2.59. The molecule has 2 aromatic rings. The van der Waals surface area contributed by atoms with Gasteiger partial charge in [-0.3, -0.25) is 13.9 Å². The van der Waals surface area contributed by atoms with Gasteiger partial charge in [-0.15, -0.1) is 0 Å². The average molecular weight is 327 g/mol. The normalized spacial score (nSPS) is 10.7. The number of hydrogen-bond acceptors (Lipinski definition) is 4. The first-order valence-corrected chi connectivity index (χ1v) is 7.69. The number of rotatable bonds is 4. The van der Waals surface area contributed by atoms with Crippen molar-refractivity contribution in [2.24, 2.45) is 7.05 Å². The minimum absolute atomic E-state index is 0.0175. The predicted molar refractivity (Wildman–Crippen MR) is 91.6 cm³/mol. The Kier molecular flexibility index (Phi) is 4.93. The zero-order valence-corrected chi connectivity index (χ0v) is 14.6. The van der Waals surface area contributed by atoms with Gasteiger partial charge < -0.3 is 4.74 Å². The van der Waals surface area contributed by atoms with E-state index in [4.69, 9.17) is 4.74 Å². The Morgan fingerprint density at radius 2 is 1.96 bits per heavy atom. The summed E-state index contributed by atoms with van der Waals surface area (Å²) in [5.41, 5.74) is 1.14. The first-order chi connectivity index (χ1) is 11.3. The van der Waals surface area contributed by atoms with E-state index in [1.807, 2.05) is 24.3 Å². The summed E-state index contributed by atoms with van der Waals surface area (Å²) in [6.45, 7) is 5.78. The molecule has 0 saturated heterocycles. The number of nitriles is 1. The van der Waals surface area contributed by atoms with Gasteiger partial charge in [0.15, 0.2) is 0 Å². The monoisotopic (exact) mass is 327 g/mol. The molecule has 6 nitrogen and oxygen atoms in total. The fraction of sp³-hybridized carbons (Fsp3) is 0.389. The van der Waals surface area contributed by atoms with Crippen LogP contribution in [0.2, 0.25) is 0 Å². The Bertz CT molecular complexity index is 930. The van der Waals surface area contributed by atoms with E-state index in [-0.39, 0.29) is 12.1 Å². The van der Waals surface area contributed by atoms with Crippen LogP contribution >= 0.6 is 0 Å². The number of ether oxygens (including phenoxy) is 1. The summed E-state index contributed by atoms with van der Waals surface area (Å²) in [5, 5.41) is 9.22. The van der Waals surface area contributed by atoms with Gasteiger partial charge in [-0.05, 0) is 24.5 Å². The third-order valence-electron chi connectivity index (χ3n) is 4.25. The zero-order valence-electron chi connectivity index (χ0n) is 14.6. The summed E-state index contributed by atoms with van der Waals surface area (Å²) in [7, 11) is 3.10. The molecule has 0 spiro atoms. The van der Waals surface area contributed by atoms with Gasteiger partial charge in [-0.2, -0.15) is 5.26 Å². The molecule has 6 heteroatoms. The molecule has 0 fully saturated rings. The first-order valence-electron chi connectivity index (χ1n) is 7.69. The number of aromatic nitrogens is 2. The maximum atomic E-state index is 12.5. The van der Waals surface area contributed by atoms with Crippen molar-refractivity contribution < 1.29 is 4.74 Å². The molecule has 0 bridgehead atoms. The molecule has 0 N–H and O–H groups in total. The quantitative estimate of drug-likeness (QED) is 0.859. The van der Waals surface area contributed by atoms with E-state index in [1.165, 1.54) is 4.57 Å². The second-order valence-electron chi connectivity index (χ2n) is 6.03. The minimum Gasteiger partial charge on any atom is -0.496 e. The summed E-state index contributed by atoms with van der Waals surface area (Å²) in [6.07, 6.45) is 0. The lowest BCUT2D eigenvalue weighted by atomic mass is 10.00. The predicted octanol–water partition coefficient (Wildman–Crippen LogP) is 1.91. The molecule has 1 aromatic heterocycles. The minimum atomic E-state index is -0.574. The second kappa shape index (κ2) is 6.75. The van der Waals surface area contributed by atoms with Crippen molar-refractivity contribution in [3.63, 3.8) is 0 Å². The molecule has 1 aromatic carbocycles. The summed E-state index contributed by atoms with van der Waals surface area (Å²) in [5.74, 6) is 0.911. The van der Waals surface area contributed by atoms with Crippen LogP contribution in [0.4, 0.5) is 0 Å². The SMILES string of the molecule is COc1ccc(C(C)C)cc1Cn1c(=O)c(C#N)c(C)n(C)c1=O. The summed E-state index contributed by atoms with van der Waals surface area (Å²) >= 11 is 0. The zero-order chi connectivity index (χ0) is 18.0. The topological polar surface area (TPSA) is 77.0 Å². The van der Waals surface area contributed by atoms with Crippen molar-refractivity contribution in [1.82, 2.24) is 9.13 Å². The van der Waals surface area contributed by atoms with Crippen LogP contribution in [0.15, 0.2) is 27.8 Å². The summed E-state index contributed by atoms with van der Waals surface area (Å²) < 4.78 is 7.75. The lowest BCUT2D eigenvalue weighted by Gasteiger charge is -2.15. The Labute approximate surface area is 140 Å². The van der Waals surface area contributed by atoms with Crippen molar-refractivity contribution in [3.8, 4) is 11.8 Å². The highest BCUT2D eigenvalue weighted by Crippen LogP contribution is 2.24. The standard InChI is InChI=1S/C18H21N3O3/c1-11(2)13-6-7-16(24-5)14(8-13)10-21-17(22)15(9-19)12(3)20(4)18(21)23/h6-8,11H,10H2,1-5H3. The van der Waals surface area contributed by atoms with Crippen LogP contribution in [-0.4, -0.2) is 16.2 Å². The number of benzene rings is 1. The van der Waals surface area contributed by atoms with Crippen LogP contribution in [0.5, 0.6) is 5.75 Å². The molecule has 0 unspecified atom stereocenters. The van der Waals surface area contributed by atoms with Crippen LogP contribution in [0.25, 0.3) is 0 Å². The van der Waals surface area contributed by atoms with Crippen molar-refractivity contribution in [2.45, 2.75) is 33.2 Å². The van der Waals surface area contributed by atoms with Gasteiger partial charge in [0.2, 0.25) is 0 Å². The molecular weight excluding hydrogens is 306 g/mol. The van der Waals surface area contributed by atoms with Gasteiger partial charge in [0, 0.05) is 18.3 Å². The van der Waals surface area contributed by atoms with E-state index in [0.717, 1.165) is 15.7 Å². The summed E-state index contributed by atoms with van der Waals surface area (Å²) in [6, 6.07) is 7.62. The van der Waals surface area contributed by atoms with Crippen molar-refractivity contribution in [1.29, 1.82) is 5.26 Å². The smallest absolute Gasteiger partial charge is 0.331 e. The second-order valence-corrected chi connectivity index (χ2v) is 6.03. The molecule has 0 aliphatic rings. The van der Waals surface area contributed by atoms with Crippen LogP contribution in [-0.2, 0) is 13.6 Å². The van der Waals surface area contributed by atoms with Crippen molar-refractivity contribution in [2.75, 3.05) is 7.11 Å². The van der Waals surface area contributed by atoms with E-state index in [2.05, 4.69) is 13.8 Å². The van der Waals surface area contributed by atoms with Crippen molar-refractivity contribution >= 4 is 0 Å². The average Bonchev–Trinajstić information content (AvgIpc) is 2.57. The molecule has 0 atom stereocenters. The molecule has 126 valence electrons. The van der Waals surface area contributed by atoms with Crippen LogP contribution in [0, 0.1) is 18.3 Å².